The lowest BCUT2D eigenvalue weighted by molar-refractivity contribution is -0.163. The van der Waals surface area contributed by atoms with Crippen LogP contribution in [0.4, 0.5) is 0 Å². The Morgan fingerprint density at radius 2 is 1.75 bits per heavy atom. The summed E-state index contributed by atoms with van der Waals surface area (Å²) < 4.78 is 5.53. The van der Waals surface area contributed by atoms with Gasteiger partial charge in [0.1, 0.15) is 5.75 Å². The van der Waals surface area contributed by atoms with Gasteiger partial charge in [-0.25, -0.2) is 4.79 Å². The normalized spacial score (nSPS) is 13.7. The number of hydrogen-bond donors (Lipinski definition) is 3. The first-order valence-corrected chi connectivity index (χ1v) is 6.83. The van der Waals surface area contributed by atoms with E-state index in [4.69, 9.17) is 14.9 Å². The van der Waals surface area contributed by atoms with E-state index in [-0.39, 0.29) is 6.42 Å². The Balaban J connectivity index is 2.07. The van der Waals surface area contributed by atoms with E-state index in [2.05, 4.69) is 0 Å². The third-order valence-corrected chi connectivity index (χ3v) is 3.16. The minimum absolute atomic E-state index is 0.0678. The van der Waals surface area contributed by atoms with Crippen LogP contribution in [0, 0.1) is 0 Å². The number of aliphatic hydroxyl groups is 2. The van der Waals surface area contributed by atoms with Crippen molar-refractivity contribution in [2.75, 3.05) is 13.2 Å². The number of aliphatic hydroxyl groups excluding tert-OH is 1. The Labute approximate surface area is 118 Å². The number of unbranched alkanes of at least 4 members (excludes halogenated alkanes) is 3. The number of carboxylic acid groups (broad SMARTS) is 1. The van der Waals surface area contributed by atoms with Crippen LogP contribution in [0.3, 0.4) is 0 Å². The molecule has 0 aliphatic rings. The van der Waals surface area contributed by atoms with Crippen molar-refractivity contribution >= 4 is 5.97 Å². The van der Waals surface area contributed by atoms with Crippen molar-refractivity contribution in [2.24, 2.45) is 0 Å². The zero-order valence-corrected chi connectivity index (χ0v) is 11.5. The molecule has 1 aromatic rings. The van der Waals surface area contributed by atoms with Crippen molar-refractivity contribution in [3.05, 3.63) is 30.3 Å². The van der Waals surface area contributed by atoms with Gasteiger partial charge in [-0.3, -0.25) is 0 Å². The summed E-state index contributed by atoms with van der Waals surface area (Å²) in [6.07, 6.45) is 3.20. The molecule has 1 aromatic carbocycles. The smallest absolute Gasteiger partial charge is 0.338 e. The molecular formula is C15H22O5. The molecule has 5 heteroatoms. The summed E-state index contributed by atoms with van der Waals surface area (Å²) in [6.45, 7) is -0.132. The molecule has 1 rings (SSSR count). The van der Waals surface area contributed by atoms with Gasteiger partial charge in [0, 0.05) is 0 Å². The van der Waals surface area contributed by atoms with Crippen LogP contribution in [0.25, 0.3) is 0 Å². The fraction of sp³-hybridized carbons (Fsp3) is 0.533. The average Bonchev–Trinajstić information content (AvgIpc) is 2.46. The summed E-state index contributed by atoms with van der Waals surface area (Å²) >= 11 is 0. The number of para-hydroxylation sites is 1. The van der Waals surface area contributed by atoms with Gasteiger partial charge < -0.3 is 20.1 Å². The standard InChI is InChI=1S/C15H22O5/c16-12-15(19,14(17)18)10-6-1-2-7-11-20-13-8-4-3-5-9-13/h3-5,8-9,16,19H,1-2,6-7,10-12H2,(H,17,18). The van der Waals surface area contributed by atoms with Gasteiger partial charge in [0.25, 0.3) is 0 Å². The zero-order valence-electron chi connectivity index (χ0n) is 11.5. The van der Waals surface area contributed by atoms with E-state index in [0.29, 0.717) is 13.0 Å². The first-order valence-electron chi connectivity index (χ1n) is 6.83. The van der Waals surface area contributed by atoms with Gasteiger partial charge in [-0.15, -0.1) is 0 Å². The predicted molar refractivity (Wildman–Crippen MR) is 74.7 cm³/mol. The van der Waals surface area contributed by atoms with Gasteiger partial charge >= 0.3 is 5.97 Å². The van der Waals surface area contributed by atoms with Crippen molar-refractivity contribution < 1.29 is 24.9 Å². The van der Waals surface area contributed by atoms with Gasteiger partial charge in [-0.2, -0.15) is 0 Å². The van der Waals surface area contributed by atoms with E-state index in [1.54, 1.807) is 0 Å². The molecule has 0 radical (unpaired) electrons. The molecule has 0 amide bonds. The minimum Gasteiger partial charge on any atom is -0.494 e. The van der Waals surface area contributed by atoms with E-state index < -0.39 is 18.2 Å². The molecule has 5 nitrogen and oxygen atoms in total. The lowest BCUT2D eigenvalue weighted by atomic mass is 9.97. The van der Waals surface area contributed by atoms with Crippen LogP contribution in [0.2, 0.25) is 0 Å². The molecular weight excluding hydrogens is 260 g/mol. The summed E-state index contributed by atoms with van der Waals surface area (Å²) in [4.78, 5) is 10.7. The molecule has 112 valence electrons. The number of carboxylic acids is 1. The Hall–Kier alpha value is -1.59. The monoisotopic (exact) mass is 282 g/mol. The highest BCUT2D eigenvalue weighted by atomic mass is 16.5. The fourth-order valence-corrected chi connectivity index (χ4v) is 1.83. The highest BCUT2D eigenvalue weighted by Crippen LogP contribution is 2.16. The summed E-state index contributed by atoms with van der Waals surface area (Å²) in [5.41, 5.74) is -2.00. The van der Waals surface area contributed by atoms with Crippen molar-refractivity contribution in [1.82, 2.24) is 0 Å². The van der Waals surface area contributed by atoms with Crippen LogP contribution in [-0.2, 0) is 4.79 Å². The summed E-state index contributed by atoms with van der Waals surface area (Å²) in [6, 6.07) is 9.55. The quantitative estimate of drug-likeness (QED) is 0.570. The Morgan fingerprint density at radius 3 is 2.35 bits per heavy atom. The first-order chi connectivity index (χ1) is 9.58. The SMILES string of the molecule is O=C(O)C(O)(CO)CCCCCCOc1ccccc1. The van der Waals surface area contributed by atoms with E-state index in [1.807, 2.05) is 30.3 Å². The van der Waals surface area contributed by atoms with Crippen LogP contribution in [0.15, 0.2) is 30.3 Å². The molecule has 3 N–H and O–H groups in total. The van der Waals surface area contributed by atoms with E-state index in [1.165, 1.54) is 0 Å². The molecule has 0 aliphatic heterocycles. The Bertz CT molecular complexity index is 393. The van der Waals surface area contributed by atoms with E-state index in [0.717, 1.165) is 25.0 Å². The Kier molecular flexibility index (Phi) is 7.04. The molecule has 0 fully saturated rings. The molecule has 0 bridgehead atoms. The maximum atomic E-state index is 10.7. The number of hydrogen-bond acceptors (Lipinski definition) is 4. The van der Waals surface area contributed by atoms with Crippen molar-refractivity contribution in [3.63, 3.8) is 0 Å². The molecule has 1 atom stereocenters. The molecule has 0 saturated carbocycles. The zero-order chi connectivity index (χ0) is 14.8. The highest BCUT2D eigenvalue weighted by Gasteiger charge is 2.34. The molecule has 1 unspecified atom stereocenters. The third kappa shape index (κ3) is 5.59. The maximum Gasteiger partial charge on any atom is 0.338 e. The maximum absolute atomic E-state index is 10.7. The van der Waals surface area contributed by atoms with Crippen molar-refractivity contribution in [1.29, 1.82) is 0 Å². The van der Waals surface area contributed by atoms with Gasteiger partial charge in [-0.05, 0) is 31.4 Å². The second-order valence-corrected chi connectivity index (χ2v) is 4.82. The lowest BCUT2D eigenvalue weighted by Crippen LogP contribution is -2.42. The largest absolute Gasteiger partial charge is 0.494 e. The fourth-order valence-electron chi connectivity index (χ4n) is 1.83. The van der Waals surface area contributed by atoms with Gasteiger partial charge in [0.15, 0.2) is 5.60 Å². The van der Waals surface area contributed by atoms with E-state index in [9.17, 15) is 9.90 Å². The highest BCUT2D eigenvalue weighted by molar-refractivity contribution is 5.77. The first kappa shape index (κ1) is 16.5. The second kappa shape index (κ2) is 8.55. The number of carbonyl (C=O) groups is 1. The van der Waals surface area contributed by atoms with Crippen LogP contribution in [0.1, 0.15) is 32.1 Å². The van der Waals surface area contributed by atoms with E-state index >= 15 is 0 Å². The van der Waals surface area contributed by atoms with Gasteiger partial charge in [0.05, 0.1) is 13.2 Å². The summed E-state index contributed by atoms with van der Waals surface area (Å²) in [7, 11) is 0. The van der Waals surface area contributed by atoms with Crippen LogP contribution < -0.4 is 4.74 Å². The molecule has 20 heavy (non-hydrogen) atoms. The number of aliphatic carboxylic acids is 1. The minimum atomic E-state index is -2.00. The number of rotatable bonds is 10. The number of benzene rings is 1. The van der Waals surface area contributed by atoms with Crippen LogP contribution in [0.5, 0.6) is 5.75 Å². The van der Waals surface area contributed by atoms with Crippen molar-refractivity contribution in [2.45, 2.75) is 37.7 Å². The Morgan fingerprint density at radius 1 is 1.10 bits per heavy atom. The molecule has 0 heterocycles. The topological polar surface area (TPSA) is 87.0 Å². The molecule has 0 spiro atoms. The predicted octanol–water partition coefficient (Wildman–Crippen LogP) is 1.82. The molecule has 0 saturated heterocycles. The molecule has 0 aliphatic carbocycles. The van der Waals surface area contributed by atoms with Crippen molar-refractivity contribution in [3.8, 4) is 5.75 Å². The third-order valence-electron chi connectivity index (χ3n) is 3.16. The van der Waals surface area contributed by atoms with Gasteiger partial charge in [0.2, 0.25) is 0 Å². The average molecular weight is 282 g/mol. The molecule has 0 aromatic heterocycles. The second-order valence-electron chi connectivity index (χ2n) is 4.82. The number of ether oxygens (including phenoxy) is 1. The van der Waals surface area contributed by atoms with Crippen LogP contribution >= 0.6 is 0 Å². The summed E-state index contributed by atoms with van der Waals surface area (Å²) in [5.74, 6) is -0.527. The van der Waals surface area contributed by atoms with Crippen LogP contribution in [-0.4, -0.2) is 40.1 Å². The lowest BCUT2D eigenvalue weighted by Gasteiger charge is -2.20. The summed E-state index contributed by atoms with van der Waals surface area (Å²) in [5, 5.41) is 27.2. The van der Waals surface area contributed by atoms with Gasteiger partial charge in [-0.1, -0.05) is 31.0 Å².